The SMILES string of the molecule is CC[C@H](C)[C@H](NC(=O)[C@@]1(NC(=O)[C@H](Cc2ccc(O)cc2)NC(=O)OCc2ccccc2)CCc2[nH]c3c(Cl)cc(Cl)cc3c2C1)C(N)=O. The molecule has 0 spiro atoms. The topological polar surface area (TPSA) is 176 Å². The number of rotatable bonds is 12. The van der Waals surface area contributed by atoms with Crippen LogP contribution in [-0.2, 0) is 45.0 Å². The Morgan fingerprint density at radius 2 is 1.73 bits per heavy atom. The summed E-state index contributed by atoms with van der Waals surface area (Å²) < 4.78 is 5.42. The molecule has 0 saturated carbocycles. The average Bonchev–Trinajstić information content (AvgIpc) is 3.44. The first-order valence-electron chi connectivity index (χ1n) is 16.0. The summed E-state index contributed by atoms with van der Waals surface area (Å²) in [7, 11) is 0. The monoisotopic (exact) mass is 707 g/mol. The standard InChI is InChI=1S/C36H39Cl2N5O6/c1-3-20(2)30(32(39)45)42-34(47)36(14-13-28-26(18-36)25-16-23(37)17-27(38)31(25)40-28)43-33(46)29(15-21-9-11-24(44)12-10-21)41-35(48)49-19-22-7-5-4-6-8-22/h4-12,16-17,20,29-30,40,44H,3,13-15,18-19H2,1-2H3,(H2,39,45)(H,41,48)(H,42,47)(H,43,46)/t20-,29-,30-,36+/m0/s1. The molecule has 1 aliphatic rings. The van der Waals surface area contributed by atoms with Crippen molar-refractivity contribution in [3.63, 3.8) is 0 Å². The molecule has 258 valence electrons. The van der Waals surface area contributed by atoms with Crippen molar-refractivity contribution in [1.29, 1.82) is 0 Å². The number of carbonyl (C=O) groups is 4. The molecule has 1 aliphatic carbocycles. The minimum atomic E-state index is -1.56. The number of fused-ring (bicyclic) bond motifs is 3. The molecule has 4 amide bonds. The summed E-state index contributed by atoms with van der Waals surface area (Å²) >= 11 is 12.9. The summed E-state index contributed by atoms with van der Waals surface area (Å²) in [6.07, 6.45) is 0.300. The number of halogens is 2. The summed E-state index contributed by atoms with van der Waals surface area (Å²) in [6, 6.07) is 16.5. The molecule has 0 aliphatic heterocycles. The normalized spacial score (nSPS) is 17.3. The molecule has 0 saturated heterocycles. The van der Waals surface area contributed by atoms with Gasteiger partial charge in [-0.1, -0.05) is 85.9 Å². The number of amides is 4. The number of H-pyrrole nitrogens is 1. The van der Waals surface area contributed by atoms with E-state index in [2.05, 4.69) is 20.9 Å². The third kappa shape index (κ3) is 8.29. The Balaban J connectivity index is 1.48. The highest BCUT2D eigenvalue weighted by Crippen LogP contribution is 2.38. The molecule has 0 bridgehead atoms. The van der Waals surface area contributed by atoms with Crippen LogP contribution in [0, 0.1) is 5.92 Å². The smallest absolute Gasteiger partial charge is 0.408 e. The fraction of sp³-hybridized carbons (Fsp3) is 0.333. The van der Waals surface area contributed by atoms with Crippen molar-refractivity contribution >= 4 is 57.9 Å². The maximum Gasteiger partial charge on any atom is 0.408 e. The van der Waals surface area contributed by atoms with Gasteiger partial charge in [0.15, 0.2) is 0 Å². The van der Waals surface area contributed by atoms with Crippen LogP contribution in [0.4, 0.5) is 4.79 Å². The summed E-state index contributed by atoms with van der Waals surface area (Å²) in [5.74, 6) is -2.17. The first kappa shape index (κ1) is 35.6. The van der Waals surface area contributed by atoms with Gasteiger partial charge in [0.2, 0.25) is 17.7 Å². The number of primary amides is 1. The van der Waals surface area contributed by atoms with Gasteiger partial charge in [-0.15, -0.1) is 0 Å². The van der Waals surface area contributed by atoms with Gasteiger partial charge < -0.3 is 36.5 Å². The van der Waals surface area contributed by atoms with Crippen molar-refractivity contribution < 1.29 is 29.0 Å². The lowest BCUT2D eigenvalue weighted by molar-refractivity contribution is -0.137. The van der Waals surface area contributed by atoms with Crippen LogP contribution in [0.1, 0.15) is 49.1 Å². The Bertz CT molecular complexity index is 1850. The molecule has 0 radical (unpaired) electrons. The Hall–Kier alpha value is -4.74. The number of alkyl carbamates (subject to hydrolysis) is 1. The number of aromatic nitrogens is 1. The van der Waals surface area contributed by atoms with Gasteiger partial charge in [0.1, 0.15) is 30.0 Å². The fourth-order valence-corrected chi connectivity index (χ4v) is 6.69. The van der Waals surface area contributed by atoms with E-state index in [1.807, 2.05) is 32.0 Å². The highest BCUT2D eigenvalue weighted by atomic mass is 35.5. The number of phenols is 1. The van der Waals surface area contributed by atoms with E-state index in [1.54, 1.807) is 36.4 Å². The third-order valence-electron chi connectivity index (χ3n) is 9.10. The van der Waals surface area contributed by atoms with Crippen molar-refractivity contribution in [3.05, 3.63) is 99.2 Å². The second kappa shape index (κ2) is 15.2. The summed E-state index contributed by atoms with van der Waals surface area (Å²) in [6.45, 7) is 3.67. The lowest BCUT2D eigenvalue weighted by Gasteiger charge is -2.39. The van der Waals surface area contributed by atoms with Crippen molar-refractivity contribution in [3.8, 4) is 5.75 Å². The number of hydrogen-bond donors (Lipinski definition) is 6. The van der Waals surface area contributed by atoms with E-state index >= 15 is 0 Å². The van der Waals surface area contributed by atoms with Crippen molar-refractivity contribution in [2.24, 2.45) is 11.7 Å². The molecule has 11 nitrogen and oxygen atoms in total. The van der Waals surface area contributed by atoms with E-state index in [0.29, 0.717) is 39.4 Å². The number of nitrogens with one attached hydrogen (secondary N) is 4. The van der Waals surface area contributed by atoms with Crippen LogP contribution in [0.3, 0.4) is 0 Å². The number of aryl methyl sites for hydroxylation is 1. The minimum Gasteiger partial charge on any atom is -0.508 e. The number of hydrogen-bond acceptors (Lipinski definition) is 6. The molecule has 0 unspecified atom stereocenters. The quantitative estimate of drug-likeness (QED) is 0.120. The predicted octanol–water partition coefficient (Wildman–Crippen LogP) is 5.08. The van der Waals surface area contributed by atoms with Gasteiger partial charge in [-0.3, -0.25) is 14.4 Å². The minimum absolute atomic E-state index is 0.0184. The van der Waals surface area contributed by atoms with Gasteiger partial charge in [0.05, 0.1) is 10.5 Å². The van der Waals surface area contributed by atoms with Gasteiger partial charge in [0.25, 0.3) is 0 Å². The van der Waals surface area contributed by atoms with Crippen molar-refractivity contribution in [2.45, 2.75) is 70.2 Å². The molecule has 1 heterocycles. The van der Waals surface area contributed by atoms with E-state index < -0.39 is 41.4 Å². The lowest BCUT2D eigenvalue weighted by atomic mass is 9.78. The van der Waals surface area contributed by atoms with E-state index in [9.17, 15) is 24.3 Å². The molecule has 4 aromatic rings. The van der Waals surface area contributed by atoms with Gasteiger partial charge in [0, 0.05) is 28.9 Å². The number of nitrogens with two attached hydrogens (primary N) is 1. The maximum atomic E-state index is 14.4. The van der Waals surface area contributed by atoms with Gasteiger partial charge in [-0.2, -0.15) is 0 Å². The number of ether oxygens (including phenoxy) is 1. The number of benzene rings is 3. The first-order chi connectivity index (χ1) is 23.4. The highest BCUT2D eigenvalue weighted by Gasteiger charge is 2.46. The number of phenolic OH excluding ortho intramolecular Hbond substituents is 1. The summed E-state index contributed by atoms with van der Waals surface area (Å²) in [5.41, 5.74) is 7.79. The molecule has 5 rings (SSSR count). The fourth-order valence-electron chi connectivity index (χ4n) is 6.14. The lowest BCUT2D eigenvalue weighted by Crippen LogP contribution is -2.66. The van der Waals surface area contributed by atoms with Crippen LogP contribution >= 0.6 is 23.2 Å². The van der Waals surface area contributed by atoms with Gasteiger partial charge in [-0.05, 0) is 59.7 Å². The summed E-state index contributed by atoms with van der Waals surface area (Å²) in [5, 5.41) is 19.8. The second-order valence-corrected chi connectivity index (χ2v) is 13.4. The largest absolute Gasteiger partial charge is 0.508 e. The highest BCUT2D eigenvalue weighted by molar-refractivity contribution is 6.38. The number of aromatic hydroxyl groups is 1. The summed E-state index contributed by atoms with van der Waals surface area (Å²) in [4.78, 5) is 57.5. The average molecular weight is 709 g/mol. The van der Waals surface area contributed by atoms with Gasteiger partial charge in [-0.25, -0.2) is 4.79 Å². The van der Waals surface area contributed by atoms with Crippen LogP contribution in [0.15, 0.2) is 66.7 Å². The number of carbonyl (C=O) groups excluding carboxylic acids is 4. The van der Waals surface area contributed by atoms with Crippen LogP contribution in [0.2, 0.25) is 10.0 Å². The van der Waals surface area contributed by atoms with E-state index in [4.69, 9.17) is 33.7 Å². The Morgan fingerprint density at radius 1 is 1.02 bits per heavy atom. The Kier molecular flexibility index (Phi) is 11.0. The molecule has 3 aromatic carbocycles. The van der Waals surface area contributed by atoms with Crippen molar-refractivity contribution in [1.82, 2.24) is 20.9 Å². The van der Waals surface area contributed by atoms with Crippen molar-refractivity contribution in [2.75, 3.05) is 0 Å². The maximum absolute atomic E-state index is 14.4. The van der Waals surface area contributed by atoms with E-state index in [0.717, 1.165) is 16.8 Å². The van der Waals surface area contributed by atoms with E-state index in [1.165, 1.54) is 12.1 Å². The molecular formula is C36H39Cl2N5O6. The Morgan fingerprint density at radius 3 is 2.41 bits per heavy atom. The second-order valence-electron chi connectivity index (χ2n) is 12.5. The van der Waals surface area contributed by atoms with Crippen LogP contribution < -0.4 is 21.7 Å². The van der Waals surface area contributed by atoms with Gasteiger partial charge >= 0.3 is 6.09 Å². The van der Waals surface area contributed by atoms with Crippen LogP contribution in [0.5, 0.6) is 5.75 Å². The molecule has 13 heteroatoms. The number of aromatic amines is 1. The van der Waals surface area contributed by atoms with Crippen LogP contribution in [-0.4, -0.2) is 51.5 Å². The third-order valence-corrected chi connectivity index (χ3v) is 9.62. The molecule has 4 atom stereocenters. The molecule has 0 fully saturated rings. The zero-order chi connectivity index (χ0) is 35.3. The van der Waals surface area contributed by atoms with Crippen LogP contribution in [0.25, 0.3) is 10.9 Å². The molecule has 1 aromatic heterocycles. The Labute approximate surface area is 293 Å². The molecule has 49 heavy (non-hydrogen) atoms. The molecular weight excluding hydrogens is 669 g/mol. The first-order valence-corrected chi connectivity index (χ1v) is 16.8. The molecule has 7 N–H and O–H groups in total. The zero-order valence-corrected chi connectivity index (χ0v) is 28.7. The zero-order valence-electron chi connectivity index (χ0n) is 27.1. The predicted molar refractivity (Wildman–Crippen MR) is 187 cm³/mol. The van der Waals surface area contributed by atoms with E-state index in [-0.39, 0.29) is 37.5 Å².